The van der Waals surface area contributed by atoms with Crippen molar-refractivity contribution in [2.75, 3.05) is 40.3 Å². The van der Waals surface area contributed by atoms with Gasteiger partial charge in [-0.05, 0) is 37.9 Å². The van der Waals surface area contributed by atoms with Crippen molar-refractivity contribution in [2.45, 2.75) is 67.3 Å². The van der Waals surface area contributed by atoms with Crippen molar-refractivity contribution in [1.82, 2.24) is 24.8 Å². The summed E-state index contributed by atoms with van der Waals surface area (Å²) in [5.74, 6) is -4.67. The van der Waals surface area contributed by atoms with Gasteiger partial charge in [0.1, 0.15) is 40.7 Å². The summed E-state index contributed by atoms with van der Waals surface area (Å²) >= 11 is 0.916. The number of aliphatic hydroxyl groups excluding tert-OH is 3. The van der Waals surface area contributed by atoms with Gasteiger partial charge < -0.3 is 35.0 Å². The van der Waals surface area contributed by atoms with E-state index in [0.717, 1.165) is 28.6 Å². The van der Waals surface area contributed by atoms with E-state index in [1.165, 1.54) is 11.1 Å². The molecule has 3 heterocycles. The summed E-state index contributed by atoms with van der Waals surface area (Å²) in [6, 6.07) is 0.219. The van der Waals surface area contributed by atoms with Crippen LogP contribution in [0.4, 0.5) is 13.2 Å². The molecule has 2 aromatic rings. The maximum Gasteiger partial charge on any atom is 0.238 e. The summed E-state index contributed by atoms with van der Waals surface area (Å²) in [6.07, 6.45) is -2.41. The normalized spacial score (nSPS) is 27.3. The van der Waals surface area contributed by atoms with Gasteiger partial charge in [0.25, 0.3) is 0 Å². The topological polar surface area (TPSA) is 144 Å². The standard InChI is InChI=1S/C27H38F3N5O6S/c1-14(2)11-34(4)25(39)24(27(40)5-7-33(3)8-6-27)42-26-23(38)21(22(37)19(13-36)41-26)35-12-18(31-32-35)15-9-16(28)20(30)17(29)10-15/h9-10,12,14,19,21-24,26,36-38,40H,5-8,11,13H2,1-4H3/t19-,21+,22+,23-,24?,26+/m1/s1. The maximum atomic E-state index is 13.8. The first-order valence-electron chi connectivity index (χ1n) is 13.8. The lowest BCUT2D eigenvalue weighted by atomic mass is 9.87. The van der Waals surface area contributed by atoms with Crippen LogP contribution in [0.25, 0.3) is 11.3 Å². The van der Waals surface area contributed by atoms with Crippen molar-refractivity contribution in [3.63, 3.8) is 0 Å². The lowest BCUT2D eigenvalue weighted by Crippen LogP contribution is -2.59. The van der Waals surface area contributed by atoms with E-state index < -0.39 is 64.7 Å². The van der Waals surface area contributed by atoms with Crippen LogP contribution in [0.5, 0.6) is 0 Å². The van der Waals surface area contributed by atoms with Gasteiger partial charge in [-0.1, -0.05) is 19.1 Å². The molecule has 2 aliphatic rings. The zero-order chi connectivity index (χ0) is 30.9. The van der Waals surface area contributed by atoms with Crippen LogP contribution < -0.4 is 0 Å². The van der Waals surface area contributed by atoms with Gasteiger partial charge >= 0.3 is 0 Å². The first-order valence-corrected chi connectivity index (χ1v) is 14.7. The molecule has 0 spiro atoms. The molecule has 1 aromatic carbocycles. The third kappa shape index (κ3) is 6.77. The van der Waals surface area contributed by atoms with Gasteiger partial charge in [0, 0.05) is 32.2 Å². The van der Waals surface area contributed by atoms with Crippen LogP contribution >= 0.6 is 11.8 Å². The second kappa shape index (κ2) is 13.2. The predicted octanol–water partition coefficient (Wildman–Crippen LogP) is 1.02. The van der Waals surface area contributed by atoms with Crippen LogP contribution in [0.3, 0.4) is 0 Å². The SMILES string of the molecule is CC(C)CN(C)C(=O)C(S[C@@H]1O[C@H](CO)[C@H](O)[C@H](n2cc(-c3cc(F)c(F)c(F)c3)nn2)[C@H]1O)C1(O)CCN(C)CC1. The molecule has 11 nitrogen and oxygen atoms in total. The number of thioether (sulfide) groups is 1. The molecular formula is C27H38F3N5O6S. The van der Waals surface area contributed by atoms with Gasteiger partial charge in [0.15, 0.2) is 17.5 Å². The second-order valence-electron chi connectivity index (χ2n) is 11.6. The minimum Gasteiger partial charge on any atom is -0.394 e. The van der Waals surface area contributed by atoms with E-state index in [-0.39, 0.29) is 23.1 Å². The van der Waals surface area contributed by atoms with Crippen LogP contribution in [-0.4, -0.2) is 126 Å². The Balaban J connectivity index is 1.65. The van der Waals surface area contributed by atoms with E-state index in [4.69, 9.17) is 4.74 Å². The molecule has 2 saturated heterocycles. The smallest absolute Gasteiger partial charge is 0.238 e. The van der Waals surface area contributed by atoms with E-state index in [2.05, 4.69) is 10.3 Å². The van der Waals surface area contributed by atoms with Crippen LogP contribution in [0.15, 0.2) is 18.3 Å². The molecule has 1 aromatic heterocycles. The highest BCUT2D eigenvalue weighted by Gasteiger charge is 2.51. The van der Waals surface area contributed by atoms with E-state index in [9.17, 15) is 38.4 Å². The fourth-order valence-electron chi connectivity index (χ4n) is 5.41. The average molecular weight is 618 g/mol. The van der Waals surface area contributed by atoms with Gasteiger partial charge in [-0.25, -0.2) is 17.9 Å². The summed E-state index contributed by atoms with van der Waals surface area (Å²) in [5.41, 5.74) is -2.80. The van der Waals surface area contributed by atoms with Crippen molar-refractivity contribution >= 4 is 17.7 Å². The molecule has 0 radical (unpaired) electrons. The minimum atomic E-state index is -1.64. The Kier molecular flexibility index (Phi) is 10.2. The molecule has 234 valence electrons. The molecule has 42 heavy (non-hydrogen) atoms. The number of halogens is 3. The van der Waals surface area contributed by atoms with E-state index in [1.807, 2.05) is 25.8 Å². The molecule has 0 aliphatic carbocycles. The number of benzene rings is 1. The Labute approximate surface area is 246 Å². The van der Waals surface area contributed by atoms with Crippen LogP contribution in [-0.2, 0) is 9.53 Å². The number of likely N-dealkylation sites (tertiary alicyclic amines) is 1. The Morgan fingerprint density at radius 3 is 2.38 bits per heavy atom. The van der Waals surface area contributed by atoms with E-state index in [1.54, 1.807) is 7.05 Å². The largest absolute Gasteiger partial charge is 0.394 e. The molecule has 4 N–H and O–H groups in total. The Morgan fingerprint density at radius 1 is 1.19 bits per heavy atom. The van der Waals surface area contributed by atoms with E-state index in [0.29, 0.717) is 32.5 Å². The third-order valence-electron chi connectivity index (χ3n) is 7.79. The molecule has 1 amide bonds. The number of rotatable bonds is 9. The highest BCUT2D eigenvalue weighted by molar-refractivity contribution is 8.01. The number of aromatic nitrogens is 3. The van der Waals surface area contributed by atoms with Crippen molar-refractivity contribution < 1.29 is 43.1 Å². The van der Waals surface area contributed by atoms with Gasteiger partial charge in [-0.15, -0.1) is 16.9 Å². The molecule has 0 saturated carbocycles. The summed E-state index contributed by atoms with van der Waals surface area (Å²) < 4.78 is 48.1. The number of hydrogen-bond donors (Lipinski definition) is 4. The second-order valence-corrected chi connectivity index (χ2v) is 12.8. The van der Waals surface area contributed by atoms with Gasteiger partial charge in [0.2, 0.25) is 5.91 Å². The number of ether oxygens (including phenoxy) is 1. The predicted molar refractivity (Wildman–Crippen MR) is 148 cm³/mol. The summed E-state index contributed by atoms with van der Waals surface area (Å²) in [6.45, 7) is 4.82. The van der Waals surface area contributed by atoms with Gasteiger partial charge in [-0.3, -0.25) is 4.79 Å². The fraction of sp³-hybridized carbons (Fsp3) is 0.667. The van der Waals surface area contributed by atoms with Gasteiger partial charge in [0.05, 0.1) is 18.4 Å². The number of piperidine rings is 1. The summed E-state index contributed by atoms with van der Waals surface area (Å²) in [7, 11) is 3.56. The molecule has 2 fully saturated rings. The number of carbonyl (C=O) groups is 1. The van der Waals surface area contributed by atoms with Crippen molar-refractivity contribution in [3.8, 4) is 11.3 Å². The Bertz CT molecular complexity index is 1220. The Hall–Kier alpha value is -2.27. The zero-order valence-corrected chi connectivity index (χ0v) is 24.7. The number of amides is 1. The highest BCUT2D eigenvalue weighted by atomic mass is 32.2. The molecule has 2 aliphatic heterocycles. The lowest BCUT2D eigenvalue weighted by Gasteiger charge is -2.46. The summed E-state index contributed by atoms with van der Waals surface area (Å²) in [4.78, 5) is 17.3. The quantitative estimate of drug-likeness (QED) is 0.301. The molecular weight excluding hydrogens is 579 g/mol. The monoisotopic (exact) mass is 617 g/mol. The zero-order valence-electron chi connectivity index (χ0n) is 23.9. The van der Waals surface area contributed by atoms with Crippen LogP contribution in [0.2, 0.25) is 0 Å². The number of nitrogens with zero attached hydrogens (tertiary/aromatic N) is 5. The van der Waals surface area contributed by atoms with Crippen molar-refractivity contribution in [1.29, 1.82) is 0 Å². The number of aliphatic hydroxyl groups is 4. The van der Waals surface area contributed by atoms with Crippen LogP contribution in [0.1, 0.15) is 32.7 Å². The summed E-state index contributed by atoms with van der Waals surface area (Å²) in [5, 5.41) is 50.9. The van der Waals surface area contributed by atoms with Crippen molar-refractivity contribution in [2.24, 2.45) is 5.92 Å². The Morgan fingerprint density at radius 2 is 1.81 bits per heavy atom. The van der Waals surface area contributed by atoms with Crippen molar-refractivity contribution in [3.05, 3.63) is 35.8 Å². The lowest BCUT2D eigenvalue weighted by molar-refractivity contribution is -0.179. The number of hydrogen-bond acceptors (Lipinski definition) is 10. The molecule has 0 bridgehead atoms. The third-order valence-corrected chi connectivity index (χ3v) is 9.37. The fourth-order valence-corrected chi connectivity index (χ4v) is 6.99. The average Bonchev–Trinajstić information content (AvgIpc) is 3.42. The van der Waals surface area contributed by atoms with Crippen LogP contribution in [0, 0.1) is 23.4 Å². The first kappa shape index (κ1) is 32.6. The molecule has 6 atom stereocenters. The maximum absolute atomic E-state index is 13.8. The molecule has 1 unspecified atom stereocenters. The molecule has 4 rings (SSSR count). The van der Waals surface area contributed by atoms with Gasteiger partial charge in [-0.2, -0.15) is 0 Å². The minimum absolute atomic E-state index is 0.0626. The number of carbonyl (C=O) groups excluding carboxylic acids is 1. The molecule has 15 heteroatoms. The highest BCUT2D eigenvalue weighted by Crippen LogP contribution is 2.42. The first-order chi connectivity index (χ1) is 19.7. The van der Waals surface area contributed by atoms with E-state index >= 15 is 0 Å².